The molecule has 1 amide bonds. The summed E-state index contributed by atoms with van der Waals surface area (Å²) < 4.78 is 31.5. The van der Waals surface area contributed by atoms with Gasteiger partial charge in [0.05, 0.1) is 25.3 Å². The molecule has 1 N–H and O–H groups in total. The largest absolute Gasteiger partial charge is 0.495 e. The zero-order valence-electron chi connectivity index (χ0n) is 15.1. The summed E-state index contributed by atoms with van der Waals surface area (Å²) in [6, 6.07) is 12.5. The Bertz CT molecular complexity index is 961. The van der Waals surface area contributed by atoms with E-state index < -0.39 is 22.5 Å². The third-order valence-electron chi connectivity index (χ3n) is 3.59. The number of nitrogens with zero attached hydrogens (tertiary/aromatic N) is 2. The van der Waals surface area contributed by atoms with Crippen molar-refractivity contribution >= 4 is 43.8 Å². The van der Waals surface area contributed by atoms with Gasteiger partial charge < -0.3 is 4.74 Å². The van der Waals surface area contributed by atoms with Crippen molar-refractivity contribution in [3.8, 4) is 5.75 Å². The van der Waals surface area contributed by atoms with Crippen molar-refractivity contribution in [3.05, 3.63) is 58.1 Å². The van der Waals surface area contributed by atoms with Crippen molar-refractivity contribution in [2.45, 2.75) is 6.92 Å². The number of benzene rings is 2. The van der Waals surface area contributed by atoms with Gasteiger partial charge in [0.2, 0.25) is 10.0 Å². The Labute approximate surface area is 167 Å². The Kier molecular flexibility index (Phi) is 6.98. The molecule has 0 radical (unpaired) electrons. The van der Waals surface area contributed by atoms with Gasteiger partial charge in [-0.25, -0.2) is 13.8 Å². The zero-order chi connectivity index (χ0) is 20.0. The standard InChI is InChI=1S/C18H20BrN3O4S/c1-13-8-9-17(26-2)16(10-13)22(27(3,24)25)12-18(23)21-20-11-14-6-4-5-7-15(14)19/h4-11H,12H2,1-3H3,(H,21,23). The molecule has 9 heteroatoms. The van der Waals surface area contributed by atoms with E-state index in [1.807, 2.05) is 31.2 Å². The fourth-order valence-electron chi connectivity index (χ4n) is 2.30. The first-order valence-corrected chi connectivity index (χ1v) is 10.6. The van der Waals surface area contributed by atoms with Crippen LogP contribution in [0, 0.1) is 6.92 Å². The maximum absolute atomic E-state index is 12.2. The quantitative estimate of drug-likeness (QED) is 0.515. The second-order valence-corrected chi connectivity index (χ2v) is 8.52. The number of hydrazone groups is 1. The lowest BCUT2D eigenvalue weighted by Crippen LogP contribution is -2.39. The topological polar surface area (TPSA) is 88.1 Å². The van der Waals surface area contributed by atoms with Gasteiger partial charge in [0, 0.05) is 10.0 Å². The molecular weight excluding hydrogens is 434 g/mol. The molecule has 0 bridgehead atoms. The molecule has 0 fully saturated rings. The number of ether oxygens (including phenoxy) is 1. The van der Waals surface area contributed by atoms with Gasteiger partial charge in [-0.2, -0.15) is 5.10 Å². The van der Waals surface area contributed by atoms with Crippen molar-refractivity contribution in [3.63, 3.8) is 0 Å². The highest BCUT2D eigenvalue weighted by atomic mass is 79.9. The summed E-state index contributed by atoms with van der Waals surface area (Å²) in [6.45, 7) is 1.40. The molecule has 0 spiro atoms. The Morgan fingerprint density at radius 2 is 2.00 bits per heavy atom. The van der Waals surface area contributed by atoms with Gasteiger partial charge in [-0.15, -0.1) is 0 Å². The number of hydrogen-bond donors (Lipinski definition) is 1. The number of rotatable bonds is 7. The lowest BCUT2D eigenvalue weighted by atomic mass is 10.2. The minimum Gasteiger partial charge on any atom is -0.495 e. The van der Waals surface area contributed by atoms with Crippen molar-refractivity contribution in [1.29, 1.82) is 0 Å². The van der Waals surface area contributed by atoms with Crippen molar-refractivity contribution < 1.29 is 17.9 Å². The molecular formula is C18H20BrN3O4S. The number of halogens is 1. The number of nitrogens with one attached hydrogen (secondary N) is 1. The van der Waals surface area contributed by atoms with Crippen LogP contribution in [0.1, 0.15) is 11.1 Å². The molecule has 0 aliphatic carbocycles. The summed E-state index contributed by atoms with van der Waals surface area (Å²) >= 11 is 3.38. The van der Waals surface area contributed by atoms with Crippen LogP contribution in [-0.4, -0.2) is 40.4 Å². The molecule has 27 heavy (non-hydrogen) atoms. The fraction of sp³-hybridized carbons (Fsp3) is 0.222. The molecule has 2 rings (SSSR count). The number of sulfonamides is 1. The van der Waals surface area contributed by atoms with Gasteiger partial charge in [-0.3, -0.25) is 9.10 Å². The lowest BCUT2D eigenvalue weighted by molar-refractivity contribution is -0.119. The maximum Gasteiger partial charge on any atom is 0.260 e. The van der Waals surface area contributed by atoms with Crippen LogP contribution in [0.25, 0.3) is 0 Å². The minimum atomic E-state index is -3.71. The first-order valence-electron chi connectivity index (χ1n) is 7.91. The number of anilines is 1. The third kappa shape index (κ3) is 5.80. The second-order valence-electron chi connectivity index (χ2n) is 5.76. The predicted octanol–water partition coefficient (Wildman–Crippen LogP) is 2.68. The molecule has 2 aromatic rings. The number of hydrogen-bond acceptors (Lipinski definition) is 5. The Morgan fingerprint density at radius 1 is 1.30 bits per heavy atom. The molecule has 0 saturated heterocycles. The average molecular weight is 454 g/mol. The molecule has 0 aromatic heterocycles. The molecule has 7 nitrogen and oxygen atoms in total. The third-order valence-corrected chi connectivity index (χ3v) is 5.44. The number of carbonyl (C=O) groups is 1. The van der Waals surface area contributed by atoms with Crippen LogP contribution >= 0.6 is 15.9 Å². The zero-order valence-corrected chi connectivity index (χ0v) is 17.5. The van der Waals surface area contributed by atoms with E-state index in [4.69, 9.17) is 4.74 Å². The van der Waals surface area contributed by atoms with E-state index in [-0.39, 0.29) is 0 Å². The number of carbonyl (C=O) groups excluding carboxylic acids is 1. The summed E-state index contributed by atoms with van der Waals surface area (Å²) in [5, 5.41) is 3.88. The molecule has 0 unspecified atom stereocenters. The van der Waals surface area contributed by atoms with Crippen molar-refractivity contribution in [2.24, 2.45) is 5.10 Å². The van der Waals surface area contributed by atoms with Crippen LogP contribution in [-0.2, 0) is 14.8 Å². The lowest BCUT2D eigenvalue weighted by Gasteiger charge is -2.23. The molecule has 0 aliphatic heterocycles. The minimum absolute atomic E-state index is 0.296. The van der Waals surface area contributed by atoms with E-state index in [0.717, 1.165) is 26.2 Å². The molecule has 0 aliphatic rings. The highest BCUT2D eigenvalue weighted by Gasteiger charge is 2.24. The summed E-state index contributed by atoms with van der Waals surface area (Å²) in [7, 11) is -2.27. The Balaban J connectivity index is 2.19. The van der Waals surface area contributed by atoms with Crippen molar-refractivity contribution in [1.82, 2.24) is 5.43 Å². The van der Waals surface area contributed by atoms with Crippen LogP contribution in [0.5, 0.6) is 5.75 Å². The first-order chi connectivity index (χ1) is 12.7. The van der Waals surface area contributed by atoms with E-state index in [1.165, 1.54) is 13.3 Å². The van der Waals surface area contributed by atoms with Crippen molar-refractivity contribution in [2.75, 3.05) is 24.2 Å². The van der Waals surface area contributed by atoms with Crippen LogP contribution in [0.2, 0.25) is 0 Å². The molecule has 0 heterocycles. The summed E-state index contributed by atoms with van der Waals surface area (Å²) in [6.07, 6.45) is 2.51. The van der Waals surface area contributed by atoms with E-state index in [9.17, 15) is 13.2 Å². The van der Waals surface area contributed by atoms with Gasteiger partial charge in [-0.1, -0.05) is 40.2 Å². The molecule has 2 aromatic carbocycles. The summed E-state index contributed by atoms with van der Waals surface area (Å²) in [5.41, 5.74) is 4.26. The Morgan fingerprint density at radius 3 is 2.63 bits per heavy atom. The van der Waals surface area contributed by atoms with E-state index in [0.29, 0.717) is 11.4 Å². The van der Waals surface area contributed by atoms with Crippen LogP contribution in [0.4, 0.5) is 5.69 Å². The SMILES string of the molecule is COc1ccc(C)cc1N(CC(=O)NN=Cc1ccccc1Br)S(C)(=O)=O. The highest BCUT2D eigenvalue weighted by molar-refractivity contribution is 9.10. The fourth-order valence-corrected chi connectivity index (χ4v) is 3.53. The number of methoxy groups -OCH3 is 1. The van der Waals surface area contributed by atoms with E-state index in [2.05, 4.69) is 26.5 Å². The van der Waals surface area contributed by atoms with Crippen LogP contribution < -0.4 is 14.5 Å². The van der Waals surface area contributed by atoms with Crippen LogP contribution in [0.3, 0.4) is 0 Å². The van der Waals surface area contributed by atoms with Gasteiger partial charge in [0.25, 0.3) is 5.91 Å². The number of aryl methyl sites for hydroxylation is 1. The van der Waals surface area contributed by atoms with Gasteiger partial charge in [0.1, 0.15) is 12.3 Å². The highest BCUT2D eigenvalue weighted by Crippen LogP contribution is 2.30. The average Bonchev–Trinajstić information content (AvgIpc) is 2.60. The molecule has 0 atom stereocenters. The normalized spacial score (nSPS) is 11.4. The molecule has 0 saturated carbocycles. The number of amides is 1. The van der Waals surface area contributed by atoms with Gasteiger partial charge in [0.15, 0.2) is 0 Å². The maximum atomic E-state index is 12.2. The first kappa shape index (κ1) is 20.9. The van der Waals surface area contributed by atoms with Gasteiger partial charge in [-0.05, 0) is 30.7 Å². The van der Waals surface area contributed by atoms with E-state index in [1.54, 1.807) is 18.2 Å². The monoisotopic (exact) mass is 453 g/mol. The Hall–Kier alpha value is -2.39. The predicted molar refractivity (Wildman–Crippen MR) is 110 cm³/mol. The van der Waals surface area contributed by atoms with Crippen LogP contribution in [0.15, 0.2) is 52.0 Å². The summed E-state index contributed by atoms with van der Waals surface area (Å²) in [4.78, 5) is 12.2. The summed E-state index contributed by atoms with van der Waals surface area (Å²) in [5.74, 6) is -0.220. The van der Waals surface area contributed by atoms with Gasteiger partial charge >= 0.3 is 0 Å². The molecule has 144 valence electrons. The smallest absolute Gasteiger partial charge is 0.260 e. The second kappa shape index (κ2) is 9.01. The van der Waals surface area contributed by atoms with E-state index >= 15 is 0 Å².